The van der Waals surface area contributed by atoms with E-state index in [4.69, 9.17) is 28.4 Å². The Morgan fingerprint density at radius 2 is 1.70 bits per heavy atom. The Balaban J connectivity index is 1.20. The molecule has 18 atom stereocenters. The average molecular weight is 1090 g/mol. The van der Waals surface area contributed by atoms with Gasteiger partial charge in [-0.15, -0.1) is 10.6 Å². The van der Waals surface area contributed by atoms with Crippen LogP contribution in [0.2, 0.25) is 0 Å². The lowest BCUT2D eigenvalue weighted by Gasteiger charge is -2.51. The number of hydrogen-bond donors (Lipinski definition) is 5. The lowest BCUT2D eigenvalue weighted by atomic mass is 9.68. The van der Waals surface area contributed by atoms with Gasteiger partial charge in [-0.25, -0.2) is 9.07 Å². The van der Waals surface area contributed by atoms with E-state index in [1.165, 1.54) is 13.8 Å². The lowest BCUT2D eigenvalue weighted by Crippen LogP contribution is -2.61. The van der Waals surface area contributed by atoms with Gasteiger partial charge in [-0.2, -0.15) is 0 Å². The van der Waals surface area contributed by atoms with Crippen molar-refractivity contribution in [1.29, 1.82) is 0 Å². The minimum Gasteiger partial charge on any atom is -0.459 e. The Bertz CT molecular complexity index is 2260. The first kappa shape index (κ1) is 62.3. The minimum absolute atomic E-state index is 0.0255. The van der Waals surface area contributed by atoms with Crippen molar-refractivity contribution in [2.24, 2.45) is 23.7 Å². The molecular weight excluding hydrogens is 996 g/mol. The van der Waals surface area contributed by atoms with Gasteiger partial charge in [0.2, 0.25) is 0 Å². The van der Waals surface area contributed by atoms with Gasteiger partial charge < -0.3 is 58.6 Å². The van der Waals surface area contributed by atoms with E-state index in [0.717, 1.165) is 23.4 Å². The molecule has 5 heterocycles. The predicted octanol–water partition coefficient (Wildman–Crippen LogP) is 4.70. The van der Waals surface area contributed by atoms with Crippen LogP contribution in [0.1, 0.15) is 126 Å². The molecule has 3 saturated heterocycles. The maximum absolute atomic E-state index is 14.8. The van der Waals surface area contributed by atoms with Crippen molar-refractivity contribution in [1.82, 2.24) is 40.3 Å². The van der Waals surface area contributed by atoms with Gasteiger partial charge in [0.25, 0.3) is 0 Å². The summed E-state index contributed by atoms with van der Waals surface area (Å²) in [7, 11) is 7.43. The average Bonchev–Trinajstić information content (AvgIpc) is 4.06. The molecule has 2 aromatic rings. The van der Waals surface area contributed by atoms with Crippen molar-refractivity contribution in [3.05, 3.63) is 53.6 Å². The monoisotopic (exact) mass is 1090 g/mol. The Morgan fingerprint density at radius 1 is 1.01 bits per heavy atom. The van der Waals surface area contributed by atoms with Crippen molar-refractivity contribution in [2.75, 3.05) is 48.0 Å². The van der Waals surface area contributed by atoms with Gasteiger partial charge in [0.15, 0.2) is 6.29 Å². The third-order valence-electron chi connectivity index (χ3n) is 17.3. The number of benzene rings is 1. The number of ether oxygens (including phenoxy) is 6. The maximum atomic E-state index is 14.8. The number of hydrazine groups is 2. The van der Waals surface area contributed by atoms with Gasteiger partial charge >= 0.3 is 11.9 Å². The van der Waals surface area contributed by atoms with Crippen molar-refractivity contribution < 1.29 is 62.8 Å². The SMILES string of the molecule is CC[C@H]1OC(=O)[C@H](C)[C@@H](C2C[C@@](C)(OC)[C@@H](O)[C@H](C)O2)[C@H](C)[C@@H](O[C@H]2C[C@@H](N(C)CCC3=CN([C@H](CF)Cc4ccc(-n5cc(COC(C)=O)nn5)cc4)NN3C)C[C@@H](C)O2)[C@](C)(O)C[C@@H](C)CN(C)[C@H](C)[C@@H](O)[C@]1(C)O. The zero-order chi connectivity index (χ0) is 56.9. The highest BCUT2D eigenvalue weighted by molar-refractivity contribution is 5.73. The molecule has 1 unspecified atom stereocenters. The smallest absolute Gasteiger partial charge is 0.309 e. The highest BCUT2D eigenvalue weighted by Gasteiger charge is 2.54. The number of hydrogen-bond acceptors (Lipinski definition) is 19. The molecule has 6 rings (SSSR count). The van der Waals surface area contributed by atoms with Gasteiger partial charge in [0.05, 0.1) is 59.5 Å². The molecule has 4 aliphatic heterocycles. The minimum atomic E-state index is -1.80. The van der Waals surface area contributed by atoms with Crippen LogP contribution in [0.15, 0.2) is 42.4 Å². The predicted molar refractivity (Wildman–Crippen MR) is 286 cm³/mol. The van der Waals surface area contributed by atoms with Crippen molar-refractivity contribution >= 4 is 11.9 Å². The van der Waals surface area contributed by atoms with Gasteiger partial charge in [0.1, 0.15) is 42.9 Å². The maximum Gasteiger partial charge on any atom is 0.309 e. The lowest BCUT2D eigenvalue weighted by molar-refractivity contribution is -0.275. The van der Waals surface area contributed by atoms with E-state index in [-0.39, 0.29) is 43.9 Å². The first-order valence-corrected chi connectivity index (χ1v) is 27.7. The molecule has 0 amide bonds. The van der Waals surface area contributed by atoms with Gasteiger partial charge in [0, 0.05) is 83.3 Å². The molecule has 3 fully saturated rings. The van der Waals surface area contributed by atoms with Crippen LogP contribution in [0, 0.1) is 23.7 Å². The number of alkyl halides is 1. The largest absolute Gasteiger partial charge is 0.459 e. The summed E-state index contributed by atoms with van der Waals surface area (Å²) in [6, 6.07) is 6.67. The summed E-state index contributed by atoms with van der Waals surface area (Å²) >= 11 is 0. The second kappa shape index (κ2) is 26.2. The van der Waals surface area contributed by atoms with Crippen LogP contribution in [-0.2, 0) is 51.0 Å². The summed E-state index contributed by atoms with van der Waals surface area (Å²) in [5.74, 6) is -3.24. The first-order valence-electron chi connectivity index (χ1n) is 27.7. The molecule has 0 bridgehead atoms. The second-order valence-electron chi connectivity index (χ2n) is 23.7. The van der Waals surface area contributed by atoms with E-state index >= 15 is 0 Å². The number of nitrogens with zero attached hydrogens (tertiary/aromatic N) is 7. The number of rotatable bonds is 16. The van der Waals surface area contributed by atoms with Crippen LogP contribution in [0.4, 0.5) is 4.39 Å². The molecule has 5 N–H and O–H groups in total. The number of aromatic nitrogens is 3. The summed E-state index contributed by atoms with van der Waals surface area (Å²) < 4.78 is 54.1. The van der Waals surface area contributed by atoms with Crippen molar-refractivity contribution in [3.63, 3.8) is 0 Å². The third-order valence-corrected chi connectivity index (χ3v) is 17.3. The molecule has 0 saturated carbocycles. The summed E-state index contributed by atoms with van der Waals surface area (Å²) in [5.41, 5.74) is 2.22. The number of cyclic esters (lactones) is 1. The van der Waals surface area contributed by atoms with Crippen LogP contribution < -0.4 is 5.53 Å². The highest BCUT2D eigenvalue weighted by atomic mass is 19.1. The van der Waals surface area contributed by atoms with Gasteiger partial charge in [-0.05, 0) is 111 Å². The summed E-state index contributed by atoms with van der Waals surface area (Å²) in [6.45, 7) is 20.3. The van der Waals surface area contributed by atoms with Crippen molar-refractivity contribution in [3.8, 4) is 5.69 Å². The molecule has 4 aliphatic rings. The fourth-order valence-corrected chi connectivity index (χ4v) is 12.5. The van der Waals surface area contributed by atoms with E-state index in [9.17, 15) is 34.4 Å². The summed E-state index contributed by atoms with van der Waals surface area (Å²) in [4.78, 5) is 30.1. The zero-order valence-corrected chi connectivity index (χ0v) is 48.5. The number of halogens is 1. The summed E-state index contributed by atoms with van der Waals surface area (Å²) in [5, 5.41) is 59.9. The Kier molecular flexibility index (Phi) is 21.2. The van der Waals surface area contributed by atoms with Crippen LogP contribution in [0.3, 0.4) is 0 Å². The number of likely N-dealkylation sites (N-methyl/N-ethyl adjacent to an activating group) is 1. The molecule has 0 spiro atoms. The highest BCUT2D eigenvalue weighted by Crippen LogP contribution is 2.45. The fraction of sp³-hybridized carbons (Fsp3) is 0.786. The molecule has 0 radical (unpaired) electrons. The van der Waals surface area contributed by atoms with E-state index in [2.05, 4.69) is 27.8 Å². The molecule has 436 valence electrons. The Labute approximate surface area is 456 Å². The van der Waals surface area contributed by atoms with E-state index in [1.54, 1.807) is 38.8 Å². The number of methoxy groups -OCH3 is 1. The fourth-order valence-electron chi connectivity index (χ4n) is 12.5. The topological polar surface area (TPSA) is 226 Å². The Hall–Kier alpha value is -3.87. The van der Waals surface area contributed by atoms with Crippen LogP contribution >= 0.6 is 0 Å². The normalized spacial score (nSPS) is 37.7. The molecule has 1 aromatic carbocycles. The number of carbonyl (C=O) groups excluding carboxylic acids is 2. The van der Waals surface area contributed by atoms with Crippen molar-refractivity contribution in [2.45, 2.75) is 212 Å². The third kappa shape index (κ3) is 14.9. The van der Waals surface area contributed by atoms with Crippen LogP contribution in [0.5, 0.6) is 0 Å². The molecule has 1 aromatic heterocycles. The number of aliphatic hydroxyl groups excluding tert-OH is 2. The van der Waals surface area contributed by atoms with E-state index in [0.29, 0.717) is 38.0 Å². The molecule has 20 nitrogen and oxygen atoms in total. The summed E-state index contributed by atoms with van der Waals surface area (Å²) in [6.07, 6.45) is 0.253. The quantitative estimate of drug-likeness (QED) is 0.144. The molecule has 21 heteroatoms. The van der Waals surface area contributed by atoms with E-state index in [1.807, 2.05) is 101 Å². The molecule has 77 heavy (non-hydrogen) atoms. The van der Waals surface area contributed by atoms with Crippen LogP contribution in [0.25, 0.3) is 5.69 Å². The van der Waals surface area contributed by atoms with E-state index < -0.39 is 108 Å². The number of esters is 2. The molecule has 0 aliphatic carbocycles. The van der Waals surface area contributed by atoms with Crippen LogP contribution in [-0.4, -0.2) is 199 Å². The second-order valence-corrected chi connectivity index (χ2v) is 23.7. The molecular formula is C56H93FN8O12. The number of nitrogens with one attached hydrogen (secondary N) is 1. The van der Waals surface area contributed by atoms with Gasteiger partial charge in [-0.1, -0.05) is 45.0 Å². The number of aliphatic hydroxyl groups is 4. The standard InChI is InChI=1S/C56H93FN8O12/c1-16-47-56(11,71)50(67)37(6)62(13)29-33(2)26-54(9,70)52(35(4)49(36(5)53(69)76-47)46-27-55(10,72-15)51(68)38(7)75-46)77-48-25-44(23-34(3)74-48)61(12)22-21-43-31-65(60-63(43)14)45(28-57)24-40-17-19-42(20-18-40)64-30-41(58-59-64)32-73-39(8)66/h17-20,30-31,33-38,44-52,60,67-68,70-71H,16,21-29,32H2,1-15H3/t33-,34-,35+,36-,37-,38+,44+,45+,46?,47-,48+,49+,50-,51+,52-,54-,55-,56-/m1/s1. The Morgan fingerprint density at radius 3 is 2.34 bits per heavy atom. The zero-order valence-electron chi connectivity index (χ0n) is 48.5. The number of carbonyl (C=O) groups is 2. The van der Waals surface area contributed by atoms with Gasteiger partial charge in [-0.3, -0.25) is 19.6 Å². The first-order chi connectivity index (χ1) is 36.1.